The van der Waals surface area contributed by atoms with Crippen LogP contribution in [0.1, 0.15) is 43.2 Å². The number of carboxylic acids is 1. The molecule has 8 heteroatoms. The smallest absolute Gasteiger partial charge is 0.407 e. The van der Waals surface area contributed by atoms with E-state index in [1.165, 1.54) is 7.11 Å². The highest BCUT2D eigenvalue weighted by molar-refractivity contribution is 5.87. The zero-order valence-corrected chi connectivity index (χ0v) is 20.1. The minimum Gasteiger partial charge on any atom is -0.481 e. The molecule has 1 unspecified atom stereocenters. The predicted octanol–water partition coefficient (Wildman–Crippen LogP) is 3.64. The second-order valence-electron chi connectivity index (χ2n) is 9.16. The van der Waals surface area contributed by atoms with E-state index in [0.717, 1.165) is 22.3 Å². The molecule has 2 aromatic carbocycles. The lowest BCUT2D eigenvalue weighted by molar-refractivity contribution is -0.150. The number of rotatable bonds is 8. The summed E-state index contributed by atoms with van der Waals surface area (Å²) in [4.78, 5) is 39.3. The van der Waals surface area contributed by atoms with Gasteiger partial charge in [-0.3, -0.25) is 9.59 Å². The summed E-state index contributed by atoms with van der Waals surface area (Å²) in [5.74, 6) is -1.92. The third-order valence-corrected chi connectivity index (χ3v) is 7.13. The number of methoxy groups -OCH3 is 1. The van der Waals surface area contributed by atoms with Gasteiger partial charge in [0.05, 0.1) is 5.92 Å². The topological polar surface area (TPSA) is 105 Å². The fourth-order valence-electron chi connectivity index (χ4n) is 5.26. The summed E-state index contributed by atoms with van der Waals surface area (Å²) in [5, 5.41) is 12.2. The van der Waals surface area contributed by atoms with Crippen LogP contribution in [0, 0.1) is 5.92 Å². The van der Waals surface area contributed by atoms with Crippen molar-refractivity contribution in [2.45, 2.75) is 44.2 Å². The molecule has 0 spiro atoms. The first kappa shape index (κ1) is 24.7. The number of benzene rings is 2. The molecule has 2 aromatic rings. The lowest BCUT2D eigenvalue weighted by Crippen LogP contribution is -2.56. The minimum atomic E-state index is -0.909. The van der Waals surface area contributed by atoms with Crippen LogP contribution in [0.3, 0.4) is 0 Å². The summed E-state index contributed by atoms with van der Waals surface area (Å²) in [7, 11) is 1.53. The van der Waals surface area contributed by atoms with Crippen LogP contribution in [0.15, 0.2) is 48.5 Å². The number of amides is 2. The highest BCUT2D eigenvalue weighted by Gasteiger charge is 2.38. The number of carbonyl (C=O) groups excluding carboxylic acids is 2. The van der Waals surface area contributed by atoms with Gasteiger partial charge in [-0.15, -0.1) is 0 Å². The number of alkyl carbamates (subject to hydrolysis) is 1. The van der Waals surface area contributed by atoms with E-state index in [0.29, 0.717) is 19.4 Å². The molecule has 186 valence electrons. The maximum atomic E-state index is 13.3. The average molecular weight is 481 g/mol. The molecule has 2 amide bonds. The lowest BCUT2D eigenvalue weighted by Gasteiger charge is -2.39. The molecular weight excluding hydrogens is 448 g/mol. The molecule has 4 rings (SSSR count). The normalized spacial score (nSPS) is 20.0. The van der Waals surface area contributed by atoms with Crippen molar-refractivity contribution >= 4 is 18.0 Å². The second-order valence-corrected chi connectivity index (χ2v) is 9.16. The first-order valence-corrected chi connectivity index (χ1v) is 12.1. The number of fused-ring (bicyclic) bond motifs is 3. The van der Waals surface area contributed by atoms with Crippen molar-refractivity contribution in [2.24, 2.45) is 5.92 Å². The van der Waals surface area contributed by atoms with Gasteiger partial charge in [0.15, 0.2) is 0 Å². The average Bonchev–Trinajstić information content (AvgIpc) is 3.18. The number of aliphatic carboxylic acids is 1. The van der Waals surface area contributed by atoms with Crippen LogP contribution in [0.25, 0.3) is 11.1 Å². The van der Waals surface area contributed by atoms with Crippen LogP contribution < -0.4 is 5.32 Å². The molecule has 3 atom stereocenters. The van der Waals surface area contributed by atoms with E-state index in [9.17, 15) is 19.5 Å². The monoisotopic (exact) mass is 480 g/mol. The van der Waals surface area contributed by atoms with E-state index in [4.69, 9.17) is 9.47 Å². The van der Waals surface area contributed by atoms with Crippen LogP contribution in [0.4, 0.5) is 4.79 Å². The molecule has 1 heterocycles. The summed E-state index contributed by atoms with van der Waals surface area (Å²) < 4.78 is 10.8. The van der Waals surface area contributed by atoms with Gasteiger partial charge in [0.25, 0.3) is 0 Å². The zero-order chi connectivity index (χ0) is 24.9. The van der Waals surface area contributed by atoms with Crippen LogP contribution in [-0.2, 0) is 19.1 Å². The maximum Gasteiger partial charge on any atom is 0.407 e. The number of piperidine rings is 1. The van der Waals surface area contributed by atoms with E-state index >= 15 is 0 Å². The number of carboxylic acid groups (broad SMARTS) is 1. The van der Waals surface area contributed by atoms with Gasteiger partial charge >= 0.3 is 12.1 Å². The number of hydrogen-bond donors (Lipinski definition) is 2. The Kier molecular flexibility index (Phi) is 7.70. The summed E-state index contributed by atoms with van der Waals surface area (Å²) in [5.41, 5.74) is 4.49. The van der Waals surface area contributed by atoms with Crippen molar-refractivity contribution in [3.05, 3.63) is 59.7 Å². The van der Waals surface area contributed by atoms with Gasteiger partial charge in [0, 0.05) is 38.6 Å². The van der Waals surface area contributed by atoms with Crippen LogP contribution in [-0.4, -0.2) is 66.9 Å². The Balaban J connectivity index is 1.43. The van der Waals surface area contributed by atoms with E-state index in [-0.39, 0.29) is 31.5 Å². The van der Waals surface area contributed by atoms with Crippen molar-refractivity contribution < 1.29 is 29.0 Å². The van der Waals surface area contributed by atoms with Crippen LogP contribution >= 0.6 is 0 Å². The Morgan fingerprint density at radius 1 is 1.09 bits per heavy atom. The Bertz CT molecular complexity index is 1040. The highest BCUT2D eigenvalue weighted by atomic mass is 16.5. The molecule has 0 bridgehead atoms. The molecule has 1 saturated heterocycles. The third-order valence-electron chi connectivity index (χ3n) is 7.13. The summed E-state index contributed by atoms with van der Waals surface area (Å²) in [6.07, 6.45) is 0.721. The molecule has 1 aliphatic carbocycles. The highest BCUT2D eigenvalue weighted by Crippen LogP contribution is 2.44. The summed E-state index contributed by atoms with van der Waals surface area (Å²) in [6.45, 7) is 2.62. The van der Waals surface area contributed by atoms with Crippen molar-refractivity contribution in [1.29, 1.82) is 0 Å². The summed E-state index contributed by atoms with van der Waals surface area (Å²) >= 11 is 0. The third kappa shape index (κ3) is 5.17. The van der Waals surface area contributed by atoms with E-state index in [1.807, 2.05) is 36.4 Å². The second kappa shape index (κ2) is 10.9. The Morgan fingerprint density at radius 3 is 2.31 bits per heavy atom. The standard InChI is InChI=1S/C27H32N2O6/c1-17-18(26(31)32)12-7-14-29(17)25(30)24(13-15-34-2)28-27(33)35-16-23-21-10-5-3-8-19(21)20-9-4-6-11-22(20)23/h3-6,8-11,17-18,23-24H,7,12-16H2,1-2H3,(H,28,33)(H,31,32)/t17-,18-,24?/m0/s1. The molecule has 0 aromatic heterocycles. The van der Waals surface area contributed by atoms with Gasteiger partial charge in [-0.25, -0.2) is 4.79 Å². The van der Waals surface area contributed by atoms with Gasteiger partial charge in [-0.05, 0) is 42.0 Å². The minimum absolute atomic E-state index is 0.0836. The molecule has 0 radical (unpaired) electrons. The number of nitrogens with one attached hydrogen (secondary N) is 1. The molecule has 8 nitrogen and oxygen atoms in total. The number of carbonyl (C=O) groups is 3. The van der Waals surface area contributed by atoms with E-state index in [1.54, 1.807) is 11.8 Å². The lowest BCUT2D eigenvalue weighted by atomic mass is 9.89. The molecule has 0 saturated carbocycles. The fraction of sp³-hybridized carbons (Fsp3) is 0.444. The van der Waals surface area contributed by atoms with Crippen LogP contribution in [0.5, 0.6) is 0 Å². The van der Waals surface area contributed by atoms with Gasteiger partial charge < -0.3 is 24.8 Å². The molecule has 35 heavy (non-hydrogen) atoms. The van der Waals surface area contributed by atoms with Crippen molar-refractivity contribution in [3.8, 4) is 11.1 Å². The predicted molar refractivity (Wildman–Crippen MR) is 130 cm³/mol. The van der Waals surface area contributed by atoms with E-state index in [2.05, 4.69) is 17.4 Å². The molecule has 2 N–H and O–H groups in total. The Labute approximate surface area is 205 Å². The number of likely N-dealkylation sites (tertiary alicyclic amines) is 1. The number of nitrogens with zero attached hydrogens (tertiary/aromatic N) is 1. The van der Waals surface area contributed by atoms with Gasteiger partial charge in [0.1, 0.15) is 12.6 Å². The molecule has 1 aliphatic heterocycles. The fourth-order valence-corrected chi connectivity index (χ4v) is 5.26. The maximum absolute atomic E-state index is 13.3. The SMILES string of the molecule is COCCC(NC(=O)OCC1c2ccccc2-c2ccccc21)C(=O)N1CCC[C@H](C(=O)O)[C@@H]1C. The van der Waals surface area contributed by atoms with Gasteiger partial charge in [0.2, 0.25) is 5.91 Å². The first-order valence-electron chi connectivity index (χ1n) is 12.1. The van der Waals surface area contributed by atoms with E-state index < -0.39 is 30.1 Å². The molecule has 2 aliphatic rings. The largest absolute Gasteiger partial charge is 0.481 e. The first-order chi connectivity index (χ1) is 16.9. The van der Waals surface area contributed by atoms with Crippen molar-refractivity contribution in [1.82, 2.24) is 10.2 Å². The van der Waals surface area contributed by atoms with Gasteiger partial charge in [-0.1, -0.05) is 48.5 Å². The molecule has 1 fully saturated rings. The van der Waals surface area contributed by atoms with Crippen molar-refractivity contribution in [3.63, 3.8) is 0 Å². The molecular formula is C27H32N2O6. The quantitative estimate of drug-likeness (QED) is 0.598. The van der Waals surface area contributed by atoms with Crippen LogP contribution in [0.2, 0.25) is 0 Å². The zero-order valence-electron chi connectivity index (χ0n) is 20.1. The summed E-state index contributed by atoms with van der Waals surface area (Å²) in [6, 6.07) is 14.8. The number of hydrogen-bond acceptors (Lipinski definition) is 5. The number of ether oxygens (including phenoxy) is 2. The van der Waals surface area contributed by atoms with Gasteiger partial charge in [-0.2, -0.15) is 0 Å². The Hall–Kier alpha value is -3.39. The van der Waals surface area contributed by atoms with Crippen molar-refractivity contribution in [2.75, 3.05) is 26.9 Å². The Morgan fingerprint density at radius 2 is 1.71 bits per heavy atom.